The largest absolute Gasteiger partial charge is 0.465 e. The molecular formula is C14H23NO. The zero-order valence-electron chi connectivity index (χ0n) is 10.6. The van der Waals surface area contributed by atoms with E-state index < -0.39 is 0 Å². The van der Waals surface area contributed by atoms with E-state index in [2.05, 4.69) is 13.8 Å². The molecule has 1 aromatic rings. The summed E-state index contributed by atoms with van der Waals surface area (Å²) in [5, 5.41) is 0. The molecule has 0 radical (unpaired) electrons. The Balaban J connectivity index is 2.06. The van der Waals surface area contributed by atoms with Gasteiger partial charge in [0.2, 0.25) is 0 Å². The van der Waals surface area contributed by atoms with E-state index in [0.717, 1.165) is 23.4 Å². The summed E-state index contributed by atoms with van der Waals surface area (Å²) < 4.78 is 5.64. The van der Waals surface area contributed by atoms with Gasteiger partial charge >= 0.3 is 0 Å². The van der Waals surface area contributed by atoms with Gasteiger partial charge in [0.05, 0.1) is 6.04 Å². The molecule has 1 saturated carbocycles. The lowest BCUT2D eigenvalue weighted by atomic mass is 9.73. The van der Waals surface area contributed by atoms with Gasteiger partial charge in [-0.15, -0.1) is 0 Å². The number of aryl methyl sites for hydroxylation is 1. The van der Waals surface area contributed by atoms with Gasteiger partial charge < -0.3 is 10.2 Å². The van der Waals surface area contributed by atoms with Crippen LogP contribution < -0.4 is 5.73 Å². The second-order valence-electron chi connectivity index (χ2n) is 5.65. The van der Waals surface area contributed by atoms with E-state index in [4.69, 9.17) is 10.2 Å². The monoisotopic (exact) mass is 221 g/mol. The summed E-state index contributed by atoms with van der Waals surface area (Å²) in [6, 6.07) is 4.12. The molecule has 2 heteroatoms. The molecule has 3 unspecified atom stereocenters. The van der Waals surface area contributed by atoms with Gasteiger partial charge in [-0.05, 0) is 56.1 Å². The van der Waals surface area contributed by atoms with Crippen LogP contribution in [0, 0.1) is 24.7 Å². The first-order valence-corrected chi connectivity index (χ1v) is 6.38. The Labute approximate surface area is 98.2 Å². The molecular weight excluding hydrogens is 198 g/mol. The standard InChI is InChI=1S/C14H23NO/c1-9-6-10(2)8-12(7-9)14(15)13-5-4-11(3)16-13/h4-5,9-10,12,14H,6-8,15H2,1-3H3. The highest BCUT2D eigenvalue weighted by Crippen LogP contribution is 2.38. The Morgan fingerprint density at radius 1 is 1.19 bits per heavy atom. The maximum Gasteiger partial charge on any atom is 0.121 e. The van der Waals surface area contributed by atoms with Crippen LogP contribution in [-0.2, 0) is 0 Å². The first-order chi connectivity index (χ1) is 7.56. The molecule has 16 heavy (non-hydrogen) atoms. The highest BCUT2D eigenvalue weighted by atomic mass is 16.3. The third kappa shape index (κ3) is 2.49. The average Bonchev–Trinajstić information content (AvgIpc) is 2.62. The lowest BCUT2D eigenvalue weighted by Gasteiger charge is -2.34. The zero-order chi connectivity index (χ0) is 11.7. The van der Waals surface area contributed by atoms with E-state index >= 15 is 0 Å². The summed E-state index contributed by atoms with van der Waals surface area (Å²) in [6.07, 6.45) is 3.83. The van der Waals surface area contributed by atoms with Crippen LogP contribution in [0.3, 0.4) is 0 Å². The van der Waals surface area contributed by atoms with Crippen LogP contribution >= 0.6 is 0 Å². The SMILES string of the molecule is Cc1ccc(C(N)C2CC(C)CC(C)C2)o1. The number of hydrogen-bond donors (Lipinski definition) is 1. The maximum atomic E-state index is 6.31. The van der Waals surface area contributed by atoms with Gasteiger partial charge in [0.25, 0.3) is 0 Å². The minimum Gasteiger partial charge on any atom is -0.465 e. The predicted molar refractivity (Wildman–Crippen MR) is 66.0 cm³/mol. The van der Waals surface area contributed by atoms with Crippen molar-refractivity contribution in [2.24, 2.45) is 23.5 Å². The van der Waals surface area contributed by atoms with Gasteiger partial charge in [-0.3, -0.25) is 0 Å². The van der Waals surface area contributed by atoms with E-state index in [1.165, 1.54) is 19.3 Å². The molecule has 0 aromatic carbocycles. The Morgan fingerprint density at radius 2 is 1.81 bits per heavy atom. The Bertz CT molecular complexity index is 334. The average molecular weight is 221 g/mol. The molecule has 0 aliphatic heterocycles. The number of hydrogen-bond acceptors (Lipinski definition) is 2. The highest BCUT2D eigenvalue weighted by molar-refractivity contribution is 5.10. The van der Waals surface area contributed by atoms with Gasteiger partial charge in [0.15, 0.2) is 0 Å². The fourth-order valence-corrected chi connectivity index (χ4v) is 3.17. The third-order valence-electron chi connectivity index (χ3n) is 3.81. The summed E-state index contributed by atoms with van der Waals surface area (Å²) in [5.74, 6) is 4.11. The van der Waals surface area contributed by atoms with Crippen molar-refractivity contribution < 1.29 is 4.42 Å². The molecule has 1 aliphatic carbocycles. The molecule has 1 fully saturated rings. The molecule has 90 valence electrons. The Kier molecular flexibility index (Phi) is 3.38. The topological polar surface area (TPSA) is 39.2 Å². The zero-order valence-corrected chi connectivity index (χ0v) is 10.6. The first-order valence-electron chi connectivity index (χ1n) is 6.38. The Morgan fingerprint density at radius 3 is 2.31 bits per heavy atom. The van der Waals surface area contributed by atoms with Crippen molar-refractivity contribution in [2.75, 3.05) is 0 Å². The van der Waals surface area contributed by atoms with Gasteiger partial charge in [-0.25, -0.2) is 0 Å². The number of rotatable bonds is 2. The van der Waals surface area contributed by atoms with Gasteiger partial charge in [0, 0.05) is 0 Å². The van der Waals surface area contributed by atoms with E-state index in [0.29, 0.717) is 5.92 Å². The van der Waals surface area contributed by atoms with Crippen LogP contribution in [0.4, 0.5) is 0 Å². The van der Waals surface area contributed by atoms with E-state index in [1.807, 2.05) is 19.1 Å². The molecule has 0 spiro atoms. The fourth-order valence-electron chi connectivity index (χ4n) is 3.17. The first kappa shape index (κ1) is 11.7. The summed E-state index contributed by atoms with van der Waals surface area (Å²) in [5.41, 5.74) is 6.31. The van der Waals surface area contributed by atoms with Crippen molar-refractivity contribution in [3.63, 3.8) is 0 Å². The van der Waals surface area contributed by atoms with Crippen LogP contribution in [0.5, 0.6) is 0 Å². The van der Waals surface area contributed by atoms with Crippen molar-refractivity contribution in [3.8, 4) is 0 Å². The lowest BCUT2D eigenvalue weighted by molar-refractivity contribution is 0.182. The van der Waals surface area contributed by atoms with Crippen molar-refractivity contribution in [1.29, 1.82) is 0 Å². The van der Waals surface area contributed by atoms with Gasteiger partial charge in [-0.1, -0.05) is 13.8 Å². The van der Waals surface area contributed by atoms with Crippen molar-refractivity contribution in [2.45, 2.75) is 46.1 Å². The van der Waals surface area contributed by atoms with Crippen LogP contribution in [0.25, 0.3) is 0 Å². The van der Waals surface area contributed by atoms with Crippen molar-refractivity contribution in [3.05, 3.63) is 23.7 Å². The third-order valence-corrected chi connectivity index (χ3v) is 3.81. The molecule has 3 atom stereocenters. The smallest absolute Gasteiger partial charge is 0.121 e. The fraction of sp³-hybridized carbons (Fsp3) is 0.714. The van der Waals surface area contributed by atoms with E-state index in [1.54, 1.807) is 0 Å². The molecule has 2 rings (SSSR count). The number of nitrogens with two attached hydrogens (primary N) is 1. The summed E-state index contributed by atoms with van der Waals surface area (Å²) in [6.45, 7) is 6.65. The Hall–Kier alpha value is -0.760. The predicted octanol–water partition coefficient (Wildman–Crippen LogP) is 3.66. The van der Waals surface area contributed by atoms with Crippen molar-refractivity contribution >= 4 is 0 Å². The maximum absolute atomic E-state index is 6.31. The molecule has 0 bridgehead atoms. The van der Waals surface area contributed by atoms with Crippen LogP contribution in [0.1, 0.15) is 50.7 Å². The molecule has 1 heterocycles. The van der Waals surface area contributed by atoms with E-state index in [9.17, 15) is 0 Å². The second-order valence-corrected chi connectivity index (χ2v) is 5.65. The molecule has 2 nitrogen and oxygen atoms in total. The van der Waals surface area contributed by atoms with Crippen LogP contribution in [0.2, 0.25) is 0 Å². The summed E-state index contributed by atoms with van der Waals surface area (Å²) in [4.78, 5) is 0. The highest BCUT2D eigenvalue weighted by Gasteiger charge is 2.30. The number of furan rings is 1. The molecule has 0 saturated heterocycles. The normalized spacial score (nSPS) is 32.6. The van der Waals surface area contributed by atoms with Crippen LogP contribution in [-0.4, -0.2) is 0 Å². The van der Waals surface area contributed by atoms with Crippen LogP contribution in [0.15, 0.2) is 16.5 Å². The minimum absolute atomic E-state index is 0.0823. The molecule has 1 aliphatic rings. The minimum atomic E-state index is 0.0823. The van der Waals surface area contributed by atoms with Gasteiger partial charge in [-0.2, -0.15) is 0 Å². The summed E-state index contributed by atoms with van der Waals surface area (Å²) >= 11 is 0. The van der Waals surface area contributed by atoms with Crippen molar-refractivity contribution in [1.82, 2.24) is 0 Å². The molecule has 2 N–H and O–H groups in total. The lowest BCUT2D eigenvalue weighted by Crippen LogP contribution is -2.29. The molecule has 1 aromatic heterocycles. The quantitative estimate of drug-likeness (QED) is 0.827. The van der Waals surface area contributed by atoms with Gasteiger partial charge in [0.1, 0.15) is 11.5 Å². The molecule has 0 amide bonds. The second kappa shape index (κ2) is 4.62. The van der Waals surface area contributed by atoms with E-state index in [-0.39, 0.29) is 6.04 Å². The summed E-state index contributed by atoms with van der Waals surface area (Å²) in [7, 11) is 0.